The Labute approximate surface area is 49.2 Å². The van der Waals surface area contributed by atoms with Crippen molar-refractivity contribution in [2.24, 2.45) is 0 Å². The molecule has 2 aromatic rings. The van der Waals surface area contributed by atoms with Gasteiger partial charge in [0.05, 0.1) is 6.26 Å². The van der Waals surface area contributed by atoms with Crippen molar-refractivity contribution < 1.29 is 4.42 Å². The predicted molar refractivity (Wildman–Crippen MR) is 31.1 cm³/mol. The molecule has 0 aliphatic carbocycles. The van der Waals surface area contributed by atoms with Gasteiger partial charge in [-0.2, -0.15) is 0 Å². The lowest BCUT2D eigenvalue weighted by atomic mass is 10.5. The fourth-order valence-electron chi connectivity index (χ4n) is 0.768. The van der Waals surface area contributed by atoms with Crippen LogP contribution in [-0.4, -0.2) is 0 Å². The Kier molecular flexibility index (Phi) is 0.563. The average molecular weight is 122 g/mol. The van der Waals surface area contributed by atoms with E-state index in [0.717, 1.165) is 0 Å². The van der Waals surface area contributed by atoms with Crippen molar-refractivity contribution in [2.45, 2.75) is 0 Å². The van der Waals surface area contributed by atoms with Gasteiger partial charge in [-0.15, -0.1) is 0 Å². The molecule has 1 aromatic heterocycles. The Balaban J connectivity index is 3.15. The number of hydrogen-bond donors (Lipinski definition) is 0. The van der Waals surface area contributed by atoms with Crippen LogP contribution in [0.4, 0.5) is 0 Å². The quantitative estimate of drug-likeness (QED) is 0.495. The van der Waals surface area contributed by atoms with Gasteiger partial charge in [0.2, 0.25) is 5.43 Å². The first kappa shape index (κ1) is 4.49. The lowest BCUT2D eigenvalue weighted by Crippen LogP contribution is -1.92. The van der Waals surface area contributed by atoms with Gasteiger partial charge in [0.15, 0.2) is 0 Å². The summed E-state index contributed by atoms with van der Waals surface area (Å²) in [4.78, 5) is 21.0. The molecule has 0 bridgehead atoms. The summed E-state index contributed by atoms with van der Waals surface area (Å²) in [6.45, 7) is 0. The summed E-state index contributed by atoms with van der Waals surface area (Å²) in [7, 11) is 0. The largest absolute Gasteiger partial charge is 0.431 e. The highest BCUT2D eigenvalue weighted by molar-refractivity contribution is 5.95. The molecule has 0 saturated heterocycles. The van der Waals surface area contributed by atoms with Crippen molar-refractivity contribution in [3.05, 3.63) is 33.0 Å². The molecule has 0 unspecified atom stereocenters. The van der Waals surface area contributed by atoms with Gasteiger partial charge in [-0.25, -0.2) is 4.79 Å². The normalized spacial score (nSPS) is 11.1. The molecule has 0 radical (unpaired) electrons. The van der Waals surface area contributed by atoms with E-state index in [4.69, 9.17) is 0 Å². The van der Waals surface area contributed by atoms with E-state index in [2.05, 4.69) is 4.42 Å². The van der Waals surface area contributed by atoms with Crippen LogP contribution in [0.5, 0.6) is 0 Å². The van der Waals surface area contributed by atoms with Crippen LogP contribution in [-0.2, 0) is 0 Å². The van der Waals surface area contributed by atoms with Gasteiger partial charge >= 0.3 is 5.63 Å². The summed E-state index contributed by atoms with van der Waals surface area (Å²) < 4.78 is 4.40. The number of hydrogen-bond acceptors (Lipinski definition) is 3. The van der Waals surface area contributed by atoms with Gasteiger partial charge in [-0.1, -0.05) is 0 Å². The van der Waals surface area contributed by atoms with E-state index in [0.29, 0.717) is 5.39 Å². The Bertz CT molecular complexity index is 414. The molecule has 0 fully saturated rings. The summed E-state index contributed by atoms with van der Waals surface area (Å²) in [6.07, 6.45) is 1.23. The van der Waals surface area contributed by atoms with Gasteiger partial charge in [-0.05, 0) is 6.07 Å². The fourth-order valence-corrected chi connectivity index (χ4v) is 0.768. The molecule has 3 nitrogen and oxygen atoms in total. The summed E-state index contributed by atoms with van der Waals surface area (Å²) in [5.74, 6) is 0. The summed E-state index contributed by atoms with van der Waals surface area (Å²) in [5, 5.41) is 0.726. The molecule has 3 heteroatoms. The fraction of sp³-hybridized carbons (Fsp3) is 0. The molecule has 1 heterocycles. The van der Waals surface area contributed by atoms with Crippen LogP contribution >= 0.6 is 0 Å². The Morgan fingerprint density at radius 3 is 2.67 bits per heavy atom. The zero-order valence-electron chi connectivity index (χ0n) is 4.38. The molecule has 0 aliphatic rings. The first-order valence-electron chi connectivity index (χ1n) is 2.47. The lowest BCUT2D eigenvalue weighted by Gasteiger charge is -1.69. The molecule has 0 atom stereocenters. The van der Waals surface area contributed by atoms with Gasteiger partial charge in [0, 0.05) is 5.39 Å². The minimum Gasteiger partial charge on any atom is -0.431 e. The van der Waals surface area contributed by atoms with Gasteiger partial charge < -0.3 is 4.42 Å². The zero-order chi connectivity index (χ0) is 6.43. The van der Waals surface area contributed by atoms with Gasteiger partial charge in [0.25, 0.3) is 0 Å². The van der Waals surface area contributed by atoms with Crippen molar-refractivity contribution in [1.29, 1.82) is 0 Å². The van der Waals surface area contributed by atoms with E-state index in [1.54, 1.807) is 0 Å². The molecular weight excluding hydrogens is 120 g/mol. The highest BCUT2D eigenvalue weighted by atomic mass is 16.4. The Hall–Kier alpha value is -1.38. The SMILES string of the molecule is O=c1occc2c(=O)c12. The minimum absolute atomic E-state index is 0.172. The Morgan fingerprint density at radius 2 is 2.11 bits per heavy atom. The Morgan fingerprint density at radius 1 is 1.33 bits per heavy atom. The smallest absolute Gasteiger partial charge is 0.347 e. The number of fused-ring (bicyclic) bond motifs is 1. The molecule has 0 spiro atoms. The van der Waals surface area contributed by atoms with Crippen molar-refractivity contribution in [3.63, 3.8) is 0 Å². The highest BCUT2D eigenvalue weighted by Crippen LogP contribution is 2.06. The van der Waals surface area contributed by atoms with Gasteiger partial charge in [-0.3, -0.25) is 4.79 Å². The molecular formula is C6H2O3. The average Bonchev–Trinajstić information content (AvgIpc) is 2.45. The predicted octanol–water partition coefficient (Wildman–Crippen LogP) is 0.0288. The van der Waals surface area contributed by atoms with E-state index in [1.165, 1.54) is 12.3 Å². The van der Waals surface area contributed by atoms with Crippen molar-refractivity contribution in [3.8, 4) is 0 Å². The first-order valence-corrected chi connectivity index (χ1v) is 2.47. The van der Waals surface area contributed by atoms with Crippen LogP contribution in [0.25, 0.3) is 10.8 Å². The zero-order valence-corrected chi connectivity index (χ0v) is 4.38. The maximum atomic E-state index is 10.5. The minimum atomic E-state index is -0.516. The number of rotatable bonds is 0. The molecule has 1 aromatic carbocycles. The monoisotopic (exact) mass is 122 g/mol. The molecule has 0 aliphatic heterocycles. The van der Waals surface area contributed by atoms with Crippen LogP contribution in [0.15, 0.2) is 26.3 Å². The molecule has 9 heavy (non-hydrogen) atoms. The third kappa shape index (κ3) is 0.408. The van der Waals surface area contributed by atoms with Crippen molar-refractivity contribution >= 4 is 10.8 Å². The maximum absolute atomic E-state index is 10.5. The first-order chi connectivity index (χ1) is 4.30. The van der Waals surface area contributed by atoms with Crippen LogP contribution in [0, 0.1) is 0 Å². The van der Waals surface area contributed by atoms with E-state index >= 15 is 0 Å². The van der Waals surface area contributed by atoms with Crippen LogP contribution in [0.1, 0.15) is 0 Å². The van der Waals surface area contributed by atoms with E-state index in [9.17, 15) is 9.59 Å². The summed E-state index contributed by atoms with van der Waals surface area (Å²) in [5.41, 5.74) is -0.689. The van der Waals surface area contributed by atoms with E-state index < -0.39 is 5.63 Å². The second-order valence-electron chi connectivity index (χ2n) is 1.83. The molecule has 0 N–H and O–H groups in total. The van der Waals surface area contributed by atoms with Crippen LogP contribution < -0.4 is 11.1 Å². The van der Waals surface area contributed by atoms with E-state index in [1.807, 2.05) is 0 Å². The molecule has 2 rings (SSSR count). The highest BCUT2D eigenvalue weighted by Gasteiger charge is 2.15. The summed E-state index contributed by atoms with van der Waals surface area (Å²) >= 11 is 0. The van der Waals surface area contributed by atoms with Crippen LogP contribution in [0.3, 0.4) is 0 Å². The van der Waals surface area contributed by atoms with E-state index in [-0.39, 0.29) is 10.8 Å². The van der Waals surface area contributed by atoms with Crippen LogP contribution in [0.2, 0.25) is 0 Å². The van der Waals surface area contributed by atoms with Crippen molar-refractivity contribution in [2.75, 3.05) is 0 Å². The molecule has 0 amide bonds. The molecule has 0 saturated carbocycles. The second kappa shape index (κ2) is 1.13. The summed E-state index contributed by atoms with van der Waals surface area (Å²) in [6, 6.07) is 1.50. The maximum Gasteiger partial charge on any atom is 0.347 e. The third-order valence-electron chi connectivity index (χ3n) is 1.29. The van der Waals surface area contributed by atoms with Gasteiger partial charge in [0.1, 0.15) is 5.39 Å². The standard InChI is InChI=1S/C6H2O3/c7-5-3-1-2-9-6(8)4(3)5/h1-2H. The lowest BCUT2D eigenvalue weighted by molar-refractivity contribution is 0.521. The third-order valence-corrected chi connectivity index (χ3v) is 1.29. The molecule has 44 valence electrons. The second-order valence-corrected chi connectivity index (χ2v) is 1.83. The van der Waals surface area contributed by atoms with Crippen molar-refractivity contribution in [1.82, 2.24) is 0 Å². The topological polar surface area (TPSA) is 47.3 Å².